The molecule has 2 rings (SSSR count). The van der Waals surface area contributed by atoms with Crippen LogP contribution in [0.25, 0.3) is 0 Å². The first-order valence-corrected chi connectivity index (χ1v) is 8.13. The van der Waals surface area contributed by atoms with Gasteiger partial charge in [-0.1, -0.05) is 12.2 Å². The summed E-state index contributed by atoms with van der Waals surface area (Å²) in [5, 5.41) is 2.50. The van der Waals surface area contributed by atoms with Gasteiger partial charge in [-0.15, -0.1) is 0 Å². The largest absolute Gasteiger partial charge is 0.382 e. The molecule has 1 amide bonds. The number of nitrogens with zero attached hydrogens (tertiary/aromatic N) is 1. The molecule has 1 aromatic heterocycles. The van der Waals surface area contributed by atoms with Crippen molar-refractivity contribution < 1.29 is 23.7 Å². The van der Waals surface area contributed by atoms with Crippen molar-refractivity contribution in [3.63, 3.8) is 0 Å². The van der Waals surface area contributed by atoms with Crippen LogP contribution in [-0.4, -0.2) is 68.3 Å². The summed E-state index contributed by atoms with van der Waals surface area (Å²) in [6.45, 7) is 0.139. The summed E-state index contributed by atoms with van der Waals surface area (Å²) in [4.78, 5) is 25.9. The number of ether oxygens (including phenoxy) is 4. The quantitative estimate of drug-likeness (QED) is 0.631. The summed E-state index contributed by atoms with van der Waals surface area (Å²) in [5.41, 5.74) is 0.256. The molecule has 0 spiro atoms. The van der Waals surface area contributed by atoms with Crippen LogP contribution in [-0.2, 0) is 30.8 Å². The Morgan fingerprint density at radius 2 is 2.16 bits per heavy atom. The number of aryl methyl sites for hydroxylation is 1. The minimum atomic E-state index is -0.606. The van der Waals surface area contributed by atoms with Crippen molar-refractivity contribution in [3.8, 4) is 0 Å². The number of rotatable bonds is 7. The fourth-order valence-electron chi connectivity index (χ4n) is 2.77. The minimum absolute atomic E-state index is 0.150. The lowest BCUT2D eigenvalue weighted by molar-refractivity contribution is -0.131. The van der Waals surface area contributed by atoms with Gasteiger partial charge in [0, 0.05) is 40.1 Å². The van der Waals surface area contributed by atoms with Crippen molar-refractivity contribution >= 4 is 18.1 Å². The molecule has 1 aromatic rings. The van der Waals surface area contributed by atoms with Crippen molar-refractivity contribution in [1.29, 1.82) is 0 Å². The van der Waals surface area contributed by atoms with Gasteiger partial charge in [-0.2, -0.15) is 0 Å². The van der Waals surface area contributed by atoms with Crippen LogP contribution in [0.15, 0.2) is 11.0 Å². The standard InChI is InChI=1S/C15H23N3O6S/c1-16-10(19)7-23-13-11(24-9(6-21-3)12(13)22-4)8-5-18(2)15(20)17-14(8)25/h5,9,11-13H,6-7H2,1-4H3,(H,16,19)(H,17,20,25)/t9-,11+,12?,13?/m1/s1. The Bertz CT molecular complexity index is 718. The van der Waals surface area contributed by atoms with Crippen molar-refractivity contribution in [2.24, 2.45) is 7.05 Å². The molecule has 0 radical (unpaired) electrons. The van der Waals surface area contributed by atoms with E-state index in [0.29, 0.717) is 5.56 Å². The molecule has 1 aliphatic heterocycles. The fraction of sp³-hybridized carbons (Fsp3) is 0.667. The molecule has 9 nitrogen and oxygen atoms in total. The molecular formula is C15H23N3O6S. The highest BCUT2D eigenvalue weighted by Crippen LogP contribution is 2.37. The Kier molecular flexibility index (Phi) is 6.85. The maximum Gasteiger partial charge on any atom is 0.326 e. The van der Waals surface area contributed by atoms with Crippen molar-refractivity contribution in [2.45, 2.75) is 24.4 Å². The number of nitrogens with one attached hydrogen (secondary N) is 2. The molecular weight excluding hydrogens is 350 g/mol. The van der Waals surface area contributed by atoms with Crippen LogP contribution in [0.5, 0.6) is 0 Å². The number of carbonyl (C=O) groups excluding carboxylic acids is 1. The van der Waals surface area contributed by atoms with Crippen LogP contribution in [0.4, 0.5) is 0 Å². The number of aromatic nitrogens is 2. The monoisotopic (exact) mass is 373 g/mol. The number of methoxy groups -OCH3 is 2. The van der Waals surface area contributed by atoms with E-state index in [9.17, 15) is 9.59 Å². The van der Waals surface area contributed by atoms with E-state index in [-0.39, 0.29) is 29.5 Å². The molecule has 2 heterocycles. The van der Waals surface area contributed by atoms with Gasteiger partial charge in [-0.3, -0.25) is 9.78 Å². The van der Waals surface area contributed by atoms with Gasteiger partial charge in [0.05, 0.1) is 6.61 Å². The zero-order valence-corrected chi connectivity index (χ0v) is 15.4. The summed E-state index contributed by atoms with van der Waals surface area (Å²) < 4.78 is 24.1. The summed E-state index contributed by atoms with van der Waals surface area (Å²) >= 11 is 5.27. The Balaban J connectivity index is 2.37. The lowest BCUT2D eigenvalue weighted by atomic mass is 10.0. The summed E-state index contributed by atoms with van der Waals surface area (Å²) in [6, 6.07) is 0. The number of H-pyrrole nitrogens is 1. The number of amides is 1. The average Bonchev–Trinajstić information content (AvgIpc) is 2.93. The predicted octanol–water partition coefficient (Wildman–Crippen LogP) is -0.325. The van der Waals surface area contributed by atoms with Gasteiger partial charge in [0.1, 0.15) is 35.7 Å². The van der Waals surface area contributed by atoms with E-state index < -0.39 is 24.4 Å². The van der Waals surface area contributed by atoms with E-state index in [1.807, 2.05) is 0 Å². The smallest absolute Gasteiger partial charge is 0.326 e. The number of carbonyl (C=O) groups is 1. The van der Waals surface area contributed by atoms with Gasteiger partial charge in [0.2, 0.25) is 5.91 Å². The fourth-order valence-corrected chi connectivity index (χ4v) is 3.03. The SMILES string of the molecule is CNC(=O)COC1C(OC)[C@@H](COC)O[C@H]1c1cn(C)c(=O)[nH]c1=S. The van der Waals surface area contributed by atoms with Crippen molar-refractivity contribution in [3.05, 3.63) is 26.9 Å². The molecule has 2 N–H and O–H groups in total. The molecule has 0 aromatic carbocycles. The van der Waals surface area contributed by atoms with E-state index in [2.05, 4.69) is 10.3 Å². The number of likely N-dealkylation sites (N-methyl/N-ethyl adjacent to an activating group) is 1. The third-order valence-electron chi connectivity index (χ3n) is 4.04. The summed E-state index contributed by atoms with van der Waals surface area (Å²) in [6.07, 6.45) is -0.452. The second-order valence-corrected chi connectivity index (χ2v) is 6.06. The molecule has 2 unspecified atom stereocenters. The molecule has 140 valence electrons. The van der Waals surface area contributed by atoms with Gasteiger partial charge >= 0.3 is 5.69 Å². The molecule has 1 aliphatic rings. The van der Waals surface area contributed by atoms with E-state index in [1.165, 1.54) is 18.7 Å². The molecule has 0 saturated carbocycles. The Morgan fingerprint density at radius 3 is 2.76 bits per heavy atom. The maximum absolute atomic E-state index is 11.7. The lowest BCUT2D eigenvalue weighted by Gasteiger charge is -2.23. The Labute approximate surface area is 150 Å². The molecule has 0 bridgehead atoms. The van der Waals surface area contributed by atoms with Gasteiger partial charge in [-0.25, -0.2) is 4.79 Å². The lowest BCUT2D eigenvalue weighted by Crippen LogP contribution is -2.39. The molecule has 1 fully saturated rings. The second-order valence-electron chi connectivity index (χ2n) is 5.65. The normalized spacial score (nSPS) is 25.9. The third-order valence-corrected chi connectivity index (χ3v) is 4.38. The molecule has 10 heteroatoms. The zero-order valence-electron chi connectivity index (χ0n) is 14.6. The average molecular weight is 373 g/mol. The van der Waals surface area contributed by atoms with Gasteiger partial charge < -0.3 is 28.8 Å². The highest BCUT2D eigenvalue weighted by atomic mass is 32.1. The summed E-state index contributed by atoms with van der Waals surface area (Å²) in [7, 11) is 6.23. The molecule has 0 aliphatic carbocycles. The topological polar surface area (TPSA) is 104 Å². The van der Waals surface area contributed by atoms with E-state index in [4.69, 9.17) is 31.2 Å². The second kappa shape index (κ2) is 8.68. The molecule has 25 heavy (non-hydrogen) atoms. The summed E-state index contributed by atoms with van der Waals surface area (Å²) in [5.74, 6) is -0.269. The minimum Gasteiger partial charge on any atom is -0.382 e. The number of hydrogen-bond acceptors (Lipinski definition) is 7. The maximum atomic E-state index is 11.7. The number of aromatic amines is 1. The van der Waals surface area contributed by atoms with Crippen molar-refractivity contribution in [1.82, 2.24) is 14.9 Å². The van der Waals surface area contributed by atoms with Crippen LogP contribution in [0.3, 0.4) is 0 Å². The first-order valence-electron chi connectivity index (χ1n) is 7.72. The van der Waals surface area contributed by atoms with Crippen LogP contribution in [0.1, 0.15) is 11.7 Å². The van der Waals surface area contributed by atoms with Crippen LogP contribution >= 0.6 is 12.2 Å². The van der Waals surface area contributed by atoms with Gasteiger partial charge in [-0.05, 0) is 0 Å². The van der Waals surface area contributed by atoms with E-state index in [1.54, 1.807) is 20.4 Å². The number of hydrogen-bond donors (Lipinski definition) is 2. The highest BCUT2D eigenvalue weighted by Gasteiger charge is 2.47. The van der Waals surface area contributed by atoms with Crippen molar-refractivity contribution in [2.75, 3.05) is 34.5 Å². The van der Waals surface area contributed by atoms with Crippen LogP contribution in [0.2, 0.25) is 0 Å². The first-order chi connectivity index (χ1) is 11.9. The zero-order chi connectivity index (χ0) is 18.6. The van der Waals surface area contributed by atoms with E-state index >= 15 is 0 Å². The molecule has 4 atom stereocenters. The van der Waals surface area contributed by atoms with Gasteiger partial charge in [0.25, 0.3) is 0 Å². The van der Waals surface area contributed by atoms with Gasteiger partial charge in [0.15, 0.2) is 0 Å². The Morgan fingerprint density at radius 1 is 1.44 bits per heavy atom. The molecule has 1 saturated heterocycles. The third kappa shape index (κ3) is 4.33. The van der Waals surface area contributed by atoms with Crippen LogP contribution < -0.4 is 11.0 Å². The van der Waals surface area contributed by atoms with Crippen LogP contribution in [0, 0.1) is 4.64 Å². The van der Waals surface area contributed by atoms with E-state index in [0.717, 1.165) is 0 Å². The highest BCUT2D eigenvalue weighted by molar-refractivity contribution is 7.71. The first kappa shape index (κ1) is 19.7. The predicted molar refractivity (Wildman–Crippen MR) is 91.0 cm³/mol. The Hall–Kier alpha value is -1.59.